The molecule has 1 heteroatoms. The number of nitrogen functional groups attached to an aromatic ring is 1. The summed E-state index contributed by atoms with van der Waals surface area (Å²) in [7, 11) is 0. The van der Waals surface area contributed by atoms with Gasteiger partial charge in [-0.15, -0.1) is 0 Å². The number of anilines is 1. The summed E-state index contributed by atoms with van der Waals surface area (Å²) in [5.74, 6) is 0. The van der Waals surface area contributed by atoms with Gasteiger partial charge in [0.15, 0.2) is 0 Å². The third-order valence-electron chi connectivity index (χ3n) is 2.42. The monoisotopic (exact) mass is 163 g/mol. The van der Waals surface area contributed by atoms with E-state index in [0.29, 0.717) is 0 Å². The SMILES string of the molecule is CCc1ccc(C)c(CC)c1N. The second-order valence-corrected chi connectivity index (χ2v) is 3.14. The number of benzene rings is 1. The topological polar surface area (TPSA) is 26.0 Å². The van der Waals surface area contributed by atoms with Crippen molar-refractivity contribution in [2.24, 2.45) is 0 Å². The molecule has 12 heavy (non-hydrogen) atoms. The summed E-state index contributed by atoms with van der Waals surface area (Å²) in [5.41, 5.74) is 10.9. The average molecular weight is 163 g/mol. The van der Waals surface area contributed by atoms with Crippen LogP contribution in [0, 0.1) is 6.92 Å². The van der Waals surface area contributed by atoms with Crippen molar-refractivity contribution >= 4 is 5.69 Å². The van der Waals surface area contributed by atoms with Gasteiger partial charge in [0.2, 0.25) is 0 Å². The molecule has 1 nitrogen and oxygen atoms in total. The Morgan fingerprint density at radius 3 is 2.33 bits per heavy atom. The van der Waals surface area contributed by atoms with Gasteiger partial charge in [-0.25, -0.2) is 0 Å². The van der Waals surface area contributed by atoms with E-state index < -0.39 is 0 Å². The maximum atomic E-state index is 6.01. The van der Waals surface area contributed by atoms with Crippen molar-refractivity contribution in [3.63, 3.8) is 0 Å². The smallest absolute Gasteiger partial charge is 0.0381 e. The molecular formula is C11H17N. The summed E-state index contributed by atoms with van der Waals surface area (Å²) in [5, 5.41) is 0. The second-order valence-electron chi connectivity index (χ2n) is 3.14. The van der Waals surface area contributed by atoms with Crippen LogP contribution in [0.2, 0.25) is 0 Å². The summed E-state index contributed by atoms with van der Waals surface area (Å²) in [6, 6.07) is 4.29. The maximum absolute atomic E-state index is 6.01. The molecule has 1 rings (SSSR count). The molecule has 0 saturated heterocycles. The summed E-state index contributed by atoms with van der Waals surface area (Å²) in [6.07, 6.45) is 2.06. The fourth-order valence-electron chi connectivity index (χ4n) is 1.60. The zero-order chi connectivity index (χ0) is 9.14. The highest BCUT2D eigenvalue weighted by Gasteiger charge is 2.04. The molecule has 0 aliphatic heterocycles. The van der Waals surface area contributed by atoms with E-state index in [1.165, 1.54) is 16.7 Å². The maximum Gasteiger partial charge on any atom is 0.0381 e. The molecule has 0 heterocycles. The Morgan fingerprint density at radius 1 is 1.17 bits per heavy atom. The van der Waals surface area contributed by atoms with E-state index in [4.69, 9.17) is 5.73 Å². The molecule has 2 N–H and O–H groups in total. The van der Waals surface area contributed by atoms with Crippen molar-refractivity contribution < 1.29 is 0 Å². The molecule has 0 saturated carbocycles. The molecule has 0 bridgehead atoms. The second kappa shape index (κ2) is 3.61. The van der Waals surface area contributed by atoms with Gasteiger partial charge in [-0.3, -0.25) is 0 Å². The van der Waals surface area contributed by atoms with E-state index in [2.05, 4.69) is 32.9 Å². The molecule has 0 spiro atoms. The largest absolute Gasteiger partial charge is 0.398 e. The zero-order valence-corrected chi connectivity index (χ0v) is 8.15. The van der Waals surface area contributed by atoms with Gasteiger partial charge in [0.05, 0.1) is 0 Å². The van der Waals surface area contributed by atoms with Crippen LogP contribution >= 0.6 is 0 Å². The van der Waals surface area contributed by atoms with E-state index in [1.807, 2.05) is 0 Å². The predicted octanol–water partition coefficient (Wildman–Crippen LogP) is 2.70. The Bertz CT molecular complexity index is 277. The fraction of sp³-hybridized carbons (Fsp3) is 0.455. The highest BCUT2D eigenvalue weighted by Crippen LogP contribution is 2.22. The van der Waals surface area contributed by atoms with Crippen LogP contribution < -0.4 is 5.73 Å². The quantitative estimate of drug-likeness (QED) is 0.666. The van der Waals surface area contributed by atoms with Crippen LogP contribution in [-0.2, 0) is 12.8 Å². The Kier molecular flexibility index (Phi) is 2.74. The lowest BCUT2D eigenvalue weighted by atomic mass is 9.99. The number of aryl methyl sites for hydroxylation is 2. The van der Waals surface area contributed by atoms with E-state index in [-0.39, 0.29) is 0 Å². The van der Waals surface area contributed by atoms with Gasteiger partial charge in [-0.2, -0.15) is 0 Å². The number of hydrogen-bond donors (Lipinski definition) is 1. The molecule has 1 aromatic carbocycles. The van der Waals surface area contributed by atoms with Crippen LogP contribution in [0.25, 0.3) is 0 Å². The molecule has 0 aliphatic carbocycles. The molecular weight excluding hydrogens is 146 g/mol. The number of rotatable bonds is 2. The summed E-state index contributed by atoms with van der Waals surface area (Å²) >= 11 is 0. The minimum Gasteiger partial charge on any atom is -0.398 e. The Morgan fingerprint density at radius 2 is 1.83 bits per heavy atom. The van der Waals surface area contributed by atoms with Crippen LogP contribution in [0.1, 0.15) is 30.5 Å². The van der Waals surface area contributed by atoms with Crippen LogP contribution in [0.3, 0.4) is 0 Å². The number of nitrogens with two attached hydrogens (primary N) is 1. The van der Waals surface area contributed by atoms with Crippen LogP contribution in [0.5, 0.6) is 0 Å². The van der Waals surface area contributed by atoms with Crippen molar-refractivity contribution in [3.8, 4) is 0 Å². The predicted molar refractivity (Wildman–Crippen MR) is 54.3 cm³/mol. The molecule has 0 unspecified atom stereocenters. The zero-order valence-electron chi connectivity index (χ0n) is 8.15. The summed E-state index contributed by atoms with van der Waals surface area (Å²) in [6.45, 7) is 6.41. The molecule has 1 aromatic rings. The lowest BCUT2D eigenvalue weighted by molar-refractivity contribution is 1.07. The molecule has 0 atom stereocenters. The van der Waals surface area contributed by atoms with E-state index in [1.54, 1.807) is 0 Å². The van der Waals surface area contributed by atoms with Gasteiger partial charge >= 0.3 is 0 Å². The van der Waals surface area contributed by atoms with Gasteiger partial charge in [0, 0.05) is 5.69 Å². The first-order valence-electron chi connectivity index (χ1n) is 4.57. The number of hydrogen-bond acceptors (Lipinski definition) is 1. The Balaban J connectivity index is 3.24. The lowest BCUT2D eigenvalue weighted by Crippen LogP contribution is -2.00. The first kappa shape index (κ1) is 9.11. The Hall–Kier alpha value is -0.980. The minimum absolute atomic E-state index is 1.00. The van der Waals surface area contributed by atoms with Crippen LogP contribution in [-0.4, -0.2) is 0 Å². The van der Waals surface area contributed by atoms with E-state index >= 15 is 0 Å². The van der Waals surface area contributed by atoms with Crippen LogP contribution in [0.4, 0.5) is 5.69 Å². The molecule has 0 aliphatic rings. The van der Waals surface area contributed by atoms with Crippen molar-refractivity contribution in [2.75, 3.05) is 5.73 Å². The third-order valence-corrected chi connectivity index (χ3v) is 2.42. The molecule has 0 amide bonds. The first-order valence-corrected chi connectivity index (χ1v) is 4.57. The normalized spacial score (nSPS) is 10.2. The third kappa shape index (κ3) is 1.45. The van der Waals surface area contributed by atoms with Gasteiger partial charge in [0.1, 0.15) is 0 Å². The van der Waals surface area contributed by atoms with Gasteiger partial charge in [-0.1, -0.05) is 26.0 Å². The standard InChI is InChI=1S/C11H17N/c1-4-9-7-6-8(3)10(5-2)11(9)12/h6-7H,4-5,12H2,1-3H3. The highest BCUT2D eigenvalue weighted by molar-refractivity contribution is 5.56. The first-order chi connectivity index (χ1) is 5.70. The van der Waals surface area contributed by atoms with Gasteiger partial charge in [0.25, 0.3) is 0 Å². The van der Waals surface area contributed by atoms with E-state index in [0.717, 1.165) is 18.5 Å². The fourth-order valence-corrected chi connectivity index (χ4v) is 1.60. The molecule has 0 radical (unpaired) electrons. The highest BCUT2D eigenvalue weighted by atomic mass is 14.6. The van der Waals surface area contributed by atoms with Crippen molar-refractivity contribution in [2.45, 2.75) is 33.6 Å². The minimum atomic E-state index is 1.00. The van der Waals surface area contributed by atoms with Crippen molar-refractivity contribution in [3.05, 3.63) is 28.8 Å². The lowest BCUT2D eigenvalue weighted by Gasteiger charge is -2.10. The molecule has 0 aromatic heterocycles. The Labute approximate surface area is 74.6 Å². The molecule has 0 fully saturated rings. The summed E-state index contributed by atoms with van der Waals surface area (Å²) < 4.78 is 0. The molecule has 66 valence electrons. The summed E-state index contributed by atoms with van der Waals surface area (Å²) in [4.78, 5) is 0. The van der Waals surface area contributed by atoms with Crippen molar-refractivity contribution in [1.29, 1.82) is 0 Å². The van der Waals surface area contributed by atoms with Gasteiger partial charge in [-0.05, 0) is 36.5 Å². The van der Waals surface area contributed by atoms with Crippen LogP contribution in [0.15, 0.2) is 12.1 Å². The average Bonchev–Trinajstić information content (AvgIpc) is 2.06. The van der Waals surface area contributed by atoms with E-state index in [9.17, 15) is 0 Å². The van der Waals surface area contributed by atoms with Gasteiger partial charge < -0.3 is 5.73 Å². The van der Waals surface area contributed by atoms with Crippen molar-refractivity contribution in [1.82, 2.24) is 0 Å².